The van der Waals surface area contributed by atoms with Gasteiger partial charge in [-0.05, 0) is 92.8 Å². The van der Waals surface area contributed by atoms with Crippen molar-refractivity contribution < 1.29 is 4.42 Å². The maximum absolute atomic E-state index is 9.31. The topological polar surface area (TPSA) is 49.8 Å². The lowest BCUT2D eigenvalue weighted by Gasteiger charge is -2.12. The summed E-state index contributed by atoms with van der Waals surface area (Å²) in [5.74, 6) is 0.534. The van der Waals surface area contributed by atoms with E-state index in [1.165, 1.54) is 21.5 Å². The molecule has 0 bridgehead atoms. The van der Waals surface area contributed by atoms with Crippen LogP contribution in [0.2, 0.25) is 5.02 Å². The third-order valence-electron chi connectivity index (χ3n) is 6.99. The van der Waals surface area contributed by atoms with Crippen LogP contribution in [-0.4, -0.2) is 4.98 Å². The van der Waals surface area contributed by atoms with Gasteiger partial charge in [0.2, 0.25) is 5.89 Å². The second-order valence-electron chi connectivity index (χ2n) is 9.28. The third-order valence-corrected chi connectivity index (χ3v) is 7.24. The van der Waals surface area contributed by atoms with Gasteiger partial charge in [0.15, 0.2) is 5.58 Å². The Labute approximate surface area is 224 Å². The van der Waals surface area contributed by atoms with Crippen LogP contribution in [0, 0.1) is 11.3 Å². The van der Waals surface area contributed by atoms with E-state index in [2.05, 4.69) is 72.8 Å². The molecule has 0 N–H and O–H groups in total. The Morgan fingerprint density at radius 1 is 0.632 bits per heavy atom. The fraction of sp³-hybridized carbons (Fsp3) is 0. The molecule has 0 atom stereocenters. The van der Waals surface area contributed by atoms with E-state index < -0.39 is 0 Å². The molecule has 3 nitrogen and oxygen atoms in total. The lowest BCUT2D eigenvalue weighted by Crippen LogP contribution is -1.88. The van der Waals surface area contributed by atoms with E-state index in [1.54, 1.807) is 0 Å². The molecule has 7 aromatic rings. The Bertz CT molecular complexity index is 2030. The summed E-state index contributed by atoms with van der Waals surface area (Å²) in [6.45, 7) is 0. The molecule has 38 heavy (non-hydrogen) atoms. The minimum absolute atomic E-state index is 0.534. The van der Waals surface area contributed by atoms with Crippen molar-refractivity contribution >= 4 is 44.2 Å². The van der Waals surface area contributed by atoms with Crippen LogP contribution in [0.25, 0.3) is 66.4 Å². The van der Waals surface area contributed by atoms with Crippen molar-refractivity contribution in [1.29, 1.82) is 5.26 Å². The molecule has 0 saturated carbocycles. The number of oxazole rings is 1. The van der Waals surface area contributed by atoms with Crippen molar-refractivity contribution in [3.63, 3.8) is 0 Å². The monoisotopic (exact) mass is 506 g/mol. The summed E-state index contributed by atoms with van der Waals surface area (Å²) in [4.78, 5) is 4.90. The average molecular weight is 507 g/mol. The van der Waals surface area contributed by atoms with Gasteiger partial charge in [0, 0.05) is 16.1 Å². The van der Waals surface area contributed by atoms with Crippen LogP contribution in [0.3, 0.4) is 0 Å². The highest BCUT2D eigenvalue weighted by atomic mass is 35.5. The van der Waals surface area contributed by atoms with Crippen LogP contribution < -0.4 is 0 Å². The van der Waals surface area contributed by atoms with Crippen LogP contribution in [0.15, 0.2) is 120 Å². The van der Waals surface area contributed by atoms with Crippen LogP contribution in [0.1, 0.15) is 5.56 Å². The van der Waals surface area contributed by atoms with Gasteiger partial charge >= 0.3 is 0 Å². The van der Waals surface area contributed by atoms with Gasteiger partial charge in [-0.2, -0.15) is 5.26 Å². The van der Waals surface area contributed by atoms with Crippen LogP contribution in [0.5, 0.6) is 0 Å². The Balaban J connectivity index is 1.52. The van der Waals surface area contributed by atoms with Crippen LogP contribution >= 0.6 is 11.6 Å². The minimum Gasteiger partial charge on any atom is -0.436 e. The fourth-order valence-electron chi connectivity index (χ4n) is 5.14. The van der Waals surface area contributed by atoms with Crippen LogP contribution in [-0.2, 0) is 0 Å². The van der Waals surface area contributed by atoms with Crippen molar-refractivity contribution in [1.82, 2.24) is 4.98 Å². The molecule has 0 amide bonds. The van der Waals surface area contributed by atoms with E-state index in [1.807, 2.05) is 48.5 Å². The van der Waals surface area contributed by atoms with E-state index in [9.17, 15) is 5.26 Å². The maximum Gasteiger partial charge on any atom is 0.227 e. The molecule has 0 spiro atoms. The molecule has 0 unspecified atom stereocenters. The van der Waals surface area contributed by atoms with Gasteiger partial charge in [0.1, 0.15) is 5.52 Å². The number of nitriles is 1. The normalized spacial score (nSPS) is 11.3. The zero-order chi connectivity index (χ0) is 25.6. The molecule has 0 aliphatic rings. The molecular formula is C34H19ClN2O. The van der Waals surface area contributed by atoms with E-state index >= 15 is 0 Å². The minimum atomic E-state index is 0.534. The van der Waals surface area contributed by atoms with Gasteiger partial charge in [-0.15, -0.1) is 0 Å². The predicted molar refractivity (Wildman–Crippen MR) is 155 cm³/mol. The highest BCUT2D eigenvalue weighted by Crippen LogP contribution is 2.40. The summed E-state index contributed by atoms with van der Waals surface area (Å²) in [6, 6.07) is 40.8. The highest BCUT2D eigenvalue weighted by molar-refractivity contribution is 6.30. The molecule has 6 aromatic carbocycles. The van der Waals surface area contributed by atoms with E-state index in [4.69, 9.17) is 21.0 Å². The number of hydrogen-bond acceptors (Lipinski definition) is 3. The quantitative estimate of drug-likeness (QED) is 0.224. The molecule has 0 radical (unpaired) electrons. The van der Waals surface area contributed by atoms with Crippen molar-refractivity contribution in [3.8, 4) is 39.8 Å². The van der Waals surface area contributed by atoms with Crippen molar-refractivity contribution in [2.75, 3.05) is 0 Å². The lowest BCUT2D eigenvalue weighted by molar-refractivity contribution is 0.620. The molecule has 0 aliphatic carbocycles. The zero-order valence-electron chi connectivity index (χ0n) is 20.2. The molecule has 0 aliphatic heterocycles. The molecule has 1 heterocycles. The summed E-state index contributed by atoms with van der Waals surface area (Å²) in [5.41, 5.74) is 7.02. The first kappa shape index (κ1) is 22.3. The number of fused-ring (bicyclic) bond motifs is 4. The highest BCUT2D eigenvalue weighted by Gasteiger charge is 2.17. The first-order valence-electron chi connectivity index (χ1n) is 12.3. The lowest BCUT2D eigenvalue weighted by atomic mass is 9.91. The molecular weight excluding hydrogens is 488 g/mol. The van der Waals surface area contributed by atoms with E-state index in [0.717, 1.165) is 33.3 Å². The summed E-state index contributed by atoms with van der Waals surface area (Å²) in [6.07, 6.45) is 0. The summed E-state index contributed by atoms with van der Waals surface area (Å²) in [5, 5.41) is 14.8. The summed E-state index contributed by atoms with van der Waals surface area (Å²) in [7, 11) is 0. The van der Waals surface area contributed by atoms with Crippen molar-refractivity contribution in [3.05, 3.63) is 126 Å². The molecule has 0 fully saturated rings. The Morgan fingerprint density at radius 2 is 1.32 bits per heavy atom. The first-order chi connectivity index (χ1) is 18.7. The summed E-state index contributed by atoms with van der Waals surface area (Å²) >= 11 is 6.11. The van der Waals surface area contributed by atoms with Crippen molar-refractivity contribution in [2.24, 2.45) is 0 Å². The van der Waals surface area contributed by atoms with Gasteiger partial charge in [0.05, 0.1) is 11.6 Å². The standard InChI is InChI=1S/C34H19ClN2O/c35-26-15-13-23(14-16-26)34-37-33-31(22-11-9-21(20-36)10-12-22)18-25(19-32(33)38-34)30-17-24-5-1-2-6-27(24)28-7-3-4-8-29(28)30/h1-19H. The van der Waals surface area contributed by atoms with Crippen molar-refractivity contribution in [2.45, 2.75) is 0 Å². The third kappa shape index (κ3) is 3.71. The van der Waals surface area contributed by atoms with Gasteiger partial charge in [-0.1, -0.05) is 72.3 Å². The SMILES string of the molecule is N#Cc1ccc(-c2cc(-c3cc4ccccc4c4ccccc34)cc3oc(-c4ccc(Cl)cc4)nc23)cc1. The number of nitrogens with zero attached hydrogens (tertiary/aromatic N) is 2. The Kier molecular flexibility index (Phi) is 5.21. The Morgan fingerprint density at radius 3 is 2.08 bits per heavy atom. The largest absolute Gasteiger partial charge is 0.436 e. The van der Waals surface area contributed by atoms with Gasteiger partial charge in [-0.25, -0.2) is 4.98 Å². The van der Waals surface area contributed by atoms with Crippen LogP contribution in [0.4, 0.5) is 0 Å². The number of rotatable bonds is 3. The second-order valence-corrected chi connectivity index (χ2v) is 9.71. The average Bonchev–Trinajstić information content (AvgIpc) is 3.41. The maximum atomic E-state index is 9.31. The zero-order valence-corrected chi connectivity index (χ0v) is 20.9. The smallest absolute Gasteiger partial charge is 0.227 e. The van der Waals surface area contributed by atoms with Gasteiger partial charge < -0.3 is 4.42 Å². The molecule has 4 heteroatoms. The number of aromatic nitrogens is 1. The fourth-order valence-corrected chi connectivity index (χ4v) is 5.26. The number of halogens is 1. The molecule has 7 rings (SSSR count). The van der Waals surface area contributed by atoms with Gasteiger partial charge in [-0.3, -0.25) is 0 Å². The summed E-state index contributed by atoms with van der Waals surface area (Å²) < 4.78 is 6.36. The first-order valence-corrected chi connectivity index (χ1v) is 12.7. The van der Waals surface area contributed by atoms with E-state index in [0.29, 0.717) is 22.1 Å². The number of benzene rings is 6. The predicted octanol–water partition coefficient (Wildman–Crippen LogP) is 9.66. The Hall–Kier alpha value is -4.91. The molecule has 178 valence electrons. The van der Waals surface area contributed by atoms with E-state index in [-0.39, 0.29) is 0 Å². The molecule has 0 saturated heterocycles. The van der Waals surface area contributed by atoms with Gasteiger partial charge in [0.25, 0.3) is 0 Å². The second kappa shape index (κ2) is 8.88. The number of hydrogen-bond donors (Lipinski definition) is 0. The molecule has 1 aromatic heterocycles.